The summed E-state index contributed by atoms with van der Waals surface area (Å²) in [6.45, 7) is 2.57. The molecule has 0 aromatic heterocycles. The highest BCUT2D eigenvalue weighted by atomic mass is 16.2. The van der Waals surface area contributed by atoms with Gasteiger partial charge in [-0.2, -0.15) is 0 Å². The molecule has 3 N–H and O–H groups in total. The third-order valence-electron chi connectivity index (χ3n) is 3.89. The molecule has 1 heterocycles. The van der Waals surface area contributed by atoms with Crippen LogP contribution in [-0.4, -0.2) is 41.8 Å². The Bertz CT molecular complexity index is 559. The Hall–Kier alpha value is -2.37. The number of rotatable bonds is 4. The fourth-order valence-electron chi connectivity index (χ4n) is 2.61. The summed E-state index contributed by atoms with van der Waals surface area (Å²) in [5.41, 5.74) is 5.83. The Balaban J connectivity index is 1.94. The standard InChI is InChI=1S/C16H21N3O3/c1-11(18-15(21)12-6-3-2-4-7-12)16(22)19-9-5-8-13(10-19)14(17)20/h2-4,6-7,11,13H,5,8-10H2,1H3,(H2,17,20)(H,18,21). The molecule has 1 aliphatic heterocycles. The van der Waals surface area contributed by atoms with Gasteiger partial charge in [0.2, 0.25) is 11.8 Å². The maximum absolute atomic E-state index is 12.4. The molecule has 118 valence electrons. The van der Waals surface area contributed by atoms with E-state index < -0.39 is 6.04 Å². The number of primary amides is 1. The van der Waals surface area contributed by atoms with Crippen LogP contribution in [0.4, 0.5) is 0 Å². The predicted molar refractivity (Wildman–Crippen MR) is 81.9 cm³/mol. The van der Waals surface area contributed by atoms with E-state index in [1.165, 1.54) is 0 Å². The molecule has 0 saturated carbocycles. The topological polar surface area (TPSA) is 92.5 Å². The van der Waals surface area contributed by atoms with Crippen LogP contribution >= 0.6 is 0 Å². The van der Waals surface area contributed by atoms with E-state index >= 15 is 0 Å². The number of hydrogen-bond donors (Lipinski definition) is 2. The number of carbonyl (C=O) groups excluding carboxylic acids is 3. The Morgan fingerprint density at radius 2 is 1.95 bits per heavy atom. The van der Waals surface area contributed by atoms with Gasteiger partial charge < -0.3 is 16.0 Å². The molecule has 1 aromatic carbocycles. The monoisotopic (exact) mass is 303 g/mol. The Labute approximate surface area is 129 Å². The van der Waals surface area contributed by atoms with Gasteiger partial charge in [0.25, 0.3) is 5.91 Å². The average molecular weight is 303 g/mol. The van der Waals surface area contributed by atoms with Gasteiger partial charge in [0.05, 0.1) is 5.92 Å². The summed E-state index contributed by atoms with van der Waals surface area (Å²) in [6, 6.07) is 8.10. The van der Waals surface area contributed by atoms with E-state index in [1.807, 2.05) is 6.07 Å². The summed E-state index contributed by atoms with van der Waals surface area (Å²) in [4.78, 5) is 37.3. The van der Waals surface area contributed by atoms with Crippen LogP contribution in [0.1, 0.15) is 30.1 Å². The van der Waals surface area contributed by atoms with Crippen LogP contribution in [0.15, 0.2) is 30.3 Å². The first-order chi connectivity index (χ1) is 10.5. The molecule has 1 aromatic rings. The van der Waals surface area contributed by atoms with Crippen molar-refractivity contribution < 1.29 is 14.4 Å². The normalized spacial score (nSPS) is 19.3. The lowest BCUT2D eigenvalue weighted by Crippen LogP contribution is -2.51. The number of nitrogens with one attached hydrogen (secondary N) is 1. The summed E-state index contributed by atoms with van der Waals surface area (Å²) in [7, 11) is 0. The number of amides is 3. The van der Waals surface area contributed by atoms with Crippen molar-refractivity contribution in [2.24, 2.45) is 11.7 Å². The zero-order chi connectivity index (χ0) is 16.1. The van der Waals surface area contributed by atoms with Gasteiger partial charge in [0, 0.05) is 18.7 Å². The fourth-order valence-corrected chi connectivity index (χ4v) is 2.61. The number of piperidine rings is 1. The summed E-state index contributed by atoms with van der Waals surface area (Å²) in [5, 5.41) is 2.69. The van der Waals surface area contributed by atoms with Gasteiger partial charge in [-0.3, -0.25) is 14.4 Å². The quantitative estimate of drug-likeness (QED) is 0.849. The van der Waals surface area contributed by atoms with Crippen molar-refractivity contribution in [1.82, 2.24) is 10.2 Å². The van der Waals surface area contributed by atoms with Gasteiger partial charge in [0.1, 0.15) is 6.04 Å². The highest BCUT2D eigenvalue weighted by Crippen LogP contribution is 2.16. The van der Waals surface area contributed by atoms with Crippen LogP contribution in [-0.2, 0) is 9.59 Å². The van der Waals surface area contributed by atoms with Gasteiger partial charge in [-0.1, -0.05) is 18.2 Å². The van der Waals surface area contributed by atoms with Crippen LogP contribution in [0.3, 0.4) is 0 Å². The van der Waals surface area contributed by atoms with Gasteiger partial charge >= 0.3 is 0 Å². The lowest BCUT2D eigenvalue weighted by Gasteiger charge is -2.33. The molecule has 6 heteroatoms. The number of benzene rings is 1. The molecule has 0 spiro atoms. The smallest absolute Gasteiger partial charge is 0.251 e. The second-order valence-corrected chi connectivity index (χ2v) is 5.59. The number of nitrogens with two attached hydrogens (primary N) is 1. The lowest BCUT2D eigenvalue weighted by molar-refractivity contribution is -0.136. The molecular formula is C16H21N3O3. The van der Waals surface area contributed by atoms with Crippen molar-refractivity contribution in [3.63, 3.8) is 0 Å². The summed E-state index contributed by atoms with van der Waals surface area (Å²) in [6.07, 6.45) is 1.46. The van der Waals surface area contributed by atoms with E-state index in [9.17, 15) is 14.4 Å². The van der Waals surface area contributed by atoms with Crippen molar-refractivity contribution in [2.45, 2.75) is 25.8 Å². The van der Waals surface area contributed by atoms with Crippen molar-refractivity contribution in [2.75, 3.05) is 13.1 Å². The number of hydrogen-bond acceptors (Lipinski definition) is 3. The molecule has 6 nitrogen and oxygen atoms in total. The third kappa shape index (κ3) is 3.84. The van der Waals surface area contributed by atoms with E-state index in [0.717, 1.165) is 6.42 Å². The molecule has 0 aliphatic carbocycles. The molecule has 0 bridgehead atoms. The molecule has 2 unspecified atom stereocenters. The molecule has 2 atom stereocenters. The van der Waals surface area contributed by atoms with E-state index in [0.29, 0.717) is 25.1 Å². The van der Waals surface area contributed by atoms with Crippen LogP contribution in [0.25, 0.3) is 0 Å². The first-order valence-corrected chi connectivity index (χ1v) is 7.43. The Kier molecular flexibility index (Phi) is 5.14. The van der Waals surface area contributed by atoms with E-state index in [2.05, 4.69) is 5.32 Å². The number of carbonyl (C=O) groups is 3. The second kappa shape index (κ2) is 7.06. The molecule has 2 rings (SSSR count). The summed E-state index contributed by atoms with van der Waals surface area (Å²) >= 11 is 0. The maximum atomic E-state index is 12.4. The van der Waals surface area contributed by atoms with E-state index in [-0.39, 0.29) is 23.6 Å². The van der Waals surface area contributed by atoms with Gasteiger partial charge in [0.15, 0.2) is 0 Å². The fraction of sp³-hybridized carbons (Fsp3) is 0.438. The van der Waals surface area contributed by atoms with Crippen LogP contribution in [0, 0.1) is 5.92 Å². The zero-order valence-electron chi connectivity index (χ0n) is 12.6. The number of nitrogens with zero attached hydrogens (tertiary/aromatic N) is 1. The van der Waals surface area contributed by atoms with Crippen molar-refractivity contribution in [3.05, 3.63) is 35.9 Å². The molecule has 22 heavy (non-hydrogen) atoms. The summed E-state index contributed by atoms with van der Waals surface area (Å²) in [5.74, 6) is -1.15. The minimum absolute atomic E-state index is 0.185. The minimum atomic E-state index is -0.640. The second-order valence-electron chi connectivity index (χ2n) is 5.59. The average Bonchev–Trinajstić information content (AvgIpc) is 2.54. The summed E-state index contributed by atoms with van der Waals surface area (Å²) < 4.78 is 0. The largest absolute Gasteiger partial charge is 0.369 e. The van der Waals surface area contributed by atoms with Gasteiger partial charge in [-0.15, -0.1) is 0 Å². The van der Waals surface area contributed by atoms with Crippen molar-refractivity contribution >= 4 is 17.7 Å². The maximum Gasteiger partial charge on any atom is 0.251 e. The molecule has 1 saturated heterocycles. The zero-order valence-corrected chi connectivity index (χ0v) is 12.6. The number of likely N-dealkylation sites (tertiary alicyclic amines) is 1. The van der Waals surface area contributed by atoms with E-state index in [4.69, 9.17) is 5.73 Å². The third-order valence-corrected chi connectivity index (χ3v) is 3.89. The first-order valence-electron chi connectivity index (χ1n) is 7.43. The van der Waals surface area contributed by atoms with E-state index in [1.54, 1.807) is 36.1 Å². The van der Waals surface area contributed by atoms with Crippen LogP contribution < -0.4 is 11.1 Å². The highest BCUT2D eigenvalue weighted by molar-refractivity contribution is 5.97. The van der Waals surface area contributed by atoms with Gasteiger partial charge in [-0.25, -0.2) is 0 Å². The van der Waals surface area contributed by atoms with Crippen molar-refractivity contribution in [3.8, 4) is 0 Å². The Morgan fingerprint density at radius 1 is 1.27 bits per heavy atom. The van der Waals surface area contributed by atoms with Crippen LogP contribution in [0.5, 0.6) is 0 Å². The van der Waals surface area contributed by atoms with Crippen LogP contribution in [0.2, 0.25) is 0 Å². The molecule has 1 fully saturated rings. The Morgan fingerprint density at radius 3 is 2.59 bits per heavy atom. The van der Waals surface area contributed by atoms with Gasteiger partial charge in [-0.05, 0) is 31.9 Å². The first kappa shape index (κ1) is 16.0. The lowest BCUT2D eigenvalue weighted by atomic mass is 9.97. The molecule has 0 radical (unpaired) electrons. The molecule has 1 aliphatic rings. The van der Waals surface area contributed by atoms with Crippen molar-refractivity contribution in [1.29, 1.82) is 0 Å². The molecular weight excluding hydrogens is 282 g/mol. The predicted octanol–water partition coefficient (Wildman–Crippen LogP) is 0.529. The highest BCUT2D eigenvalue weighted by Gasteiger charge is 2.29. The minimum Gasteiger partial charge on any atom is -0.369 e. The SMILES string of the molecule is CC(NC(=O)c1ccccc1)C(=O)N1CCCC(C(N)=O)C1. The molecule has 3 amide bonds.